The summed E-state index contributed by atoms with van der Waals surface area (Å²) in [5.41, 5.74) is 7.75. The lowest BCUT2D eigenvalue weighted by molar-refractivity contribution is 0.883. The molecule has 2 heterocycles. The molecule has 0 bridgehead atoms. The van der Waals surface area contributed by atoms with Gasteiger partial charge in [-0.05, 0) is 37.4 Å². The molecule has 2 aromatic rings. The van der Waals surface area contributed by atoms with E-state index in [9.17, 15) is 0 Å². The lowest BCUT2D eigenvalue weighted by Crippen LogP contribution is -2.04. The van der Waals surface area contributed by atoms with Gasteiger partial charge in [0, 0.05) is 12.1 Å². The van der Waals surface area contributed by atoms with Crippen LogP contribution in [-0.4, -0.2) is 21.1 Å². The molecule has 78 valence electrons. The first-order chi connectivity index (χ1) is 7.38. The smallest absolute Gasteiger partial charge is 0.160 e. The van der Waals surface area contributed by atoms with E-state index in [0.29, 0.717) is 12.5 Å². The first kappa shape index (κ1) is 8.85. The minimum absolute atomic E-state index is 0.633. The first-order valence-corrected chi connectivity index (χ1v) is 5.42. The molecule has 2 N–H and O–H groups in total. The van der Waals surface area contributed by atoms with Gasteiger partial charge in [0.15, 0.2) is 5.65 Å². The van der Waals surface area contributed by atoms with Crippen molar-refractivity contribution in [1.82, 2.24) is 14.6 Å². The molecule has 3 rings (SSSR count). The summed E-state index contributed by atoms with van der Waals surface area (Å²) in [4.78, 5) is 0. The van der Waals surface area contributed by atoms with E-state index in [1.54, 1.807) is 0 Å². The predicted octanol–water partition coefficient (Wildman–Crippen LogP) is 1.11. The quantitative estimate of drug-likeness (QED) is 0.811. The number of pyridine rings is 1. The monoisotopic (exact) mass is 202 g/mol. The fourth-order valence-electron chi connectivity index (χ4n) is 1.89. The van der Waals surface area contributed by atoms with Crippen LogP contribution >= 0.6 is 0 Å². The molecule has 1 fully saturated rings. The zero-order chi connectivity index (χ0) is 10.3. The van der Waals surface area contributed by atoms with Gasteiger partial charge in [0.2, 0.25) is 0 Å². The van der Waals surface area contributed by atoms with Crippen LogP contribution < -0.4 is 5.73 Å². The van der Waals surface area contributed by atoms with Gasteiger partial charge in [-0.1, -0.05) is 6.07 Å². The zero-order valence-corrected chi connectivity index (χ0v) is 8.56. The van der Waals surface area contributed by atoms with Crippen LogP contribution in [0.15, 0.2) is 18.3 Å². The van der Waals surface area contributed by atoms with Crippen LogP contribution in [0.25, 0.3) is 5.65 Å². The first-order valence-electron chi connectivity index (χ1n) is 5.42. The highest BCUT2D eigenvalue weighted by Gasteiger charge is 2.28. The lowest BCUT2D eigenvalue weighted by Gasteiger charge is -2.01. The minimum atomic E-state index is 0.633. The average molecular weight is 202 g/mol. The minimum Gasteiger partial charge on any atom is -0.330 e. The lowest BCUT2D eigenvalue weighted by atomic mass is 10.2. The summed E-state index contributed by atoms with van der Waals surface area (Å²) >= 11 is 0. The number of rotatable bonds is 3. The van der Waals surface area contributed by atoms with Gasteiger partial charge in [-0.2, -0.15) is 0 Å². The van der Waals surface area contributed by atoms with Crippen molar-refractivity contribution in [3.05, 3.63) is 29.7 Å². The molecule has 15 heavy (non-hydrogen) atoms. The van der Waals surface area contributed by atoms with Gasteiger partial charge in [-0.3, -0.25) is 4.40 Å². The maximum Gasteiger partial charge on any atom is 0.160 e. The van der Waals surface area contributed by atoms with Gasteiger partial charge in [-0.25, -0.2) is 0 Å². The van der Waals surface area contributed by atoms with Crippen LogP contribution in [0.1, 0.15) is 30.1 Å². The number of hydrogen-bond donors (Lipinski definition) is 1. The Morgan fingerprint density at radius 2 is 2.20 bits per heavy atom. The third kappa shape index (κ3) is 1.51. The molecule has 0 spiro atoms. The van der Waals surface area contributed by atoms with E-state index in [-0.39, 0.29) is 0 Å². The van der Waals surface area contributed by atoms with E-state index < -0.39 is 0 Å². The van der Waals surface area contributed by atoms with Crippen LogP contribution in [0.2, 0.25) is 0 Å². The molecular formula is C11H14N4. The molecule has 1 aliphatic carbocycles. The third-order valence-corrected chi connectivity index (χ3v) is 2.87. The Morgan fingerprint density at radius 1 is 1.33 bits per heavy atom. The van der Waals surface area contributed by atoms with E-state index in [1.807, 2.05) is 6.07 Å². The number of aromatic nitrogens is 3. The van der Waals surface area contributed by atoms with Gasteiger partial charge in [-0.15, -0.1) is 10.2 Å². The van der Waals surface area contributed by atoms with Gasteiger partial charge in [0.05, 0.1) is 0 Å². The van der Waals surface area contributed by atoms with Crippen molar-refractivity contribution >= 4 is 5.65 Å². The largest absolute Gasteiger partial charge is 0.330 e. The summed E-state index contributed by atoms with van der Waals surface area (Å²) in [5.74, 6) is 1.75. The second-order valence-electron chi connectivity index (χ2n) is 4.14. The van der Waals surface area contributed by atoms with E-state index in [2.05, 4.69) is 26.9 Å². The Morgan fingerprint density at radius 3 is 2.93 bits per heavy atom. The molecule has 0 unspecified atom stereocenters. The number of hydrogen-bond acceptors (Lipinski definition) is 3. The van der Waals surface area contributed by atoms with Crippen LogP contribution in [-0.2, 0) is 6.42 Å². The van der Waals surface area contributed by atoms with Crippen LogP contribution in [0.3, 0.4) is 0 Å². The zero-order valence-electron chi connectivity index (χ0n) is 8.56. The van der Waals surface area contributed by atoms with Crippen LogP contribution in [0.5, 0.6) is 0 Å². The van der Waals surface area contributed by atoms with E-state index in [4.69, 9.17) is 5.73 Å². The van der Waals surface area contributed by atoms with Crippen molar-refractivity contribution in [1.29, 1.82) is 0 Å². The second-order valence-corrected chi connectivity index (χ2v) is 4.14. The van der Waals surface area contributed by atoms with Gasteiger partial charge in [0.1, 0.15) is 5.82 Å². The molecular weight excluding hydrogens is 188 g/mol. The highest BCUT2D eigenvalue weighted by molar-refractivity contribution is 5.40. The van der Waals surface area contributed by atoms with Gasteiger partial charge >= 0.3 is 0 Å². The Balaban J connectivity index is 2.09. The molecule has 0 amide bonds. The molecule has 2 aromatic heterocycles. The Bertz CT molecular complexity index is 484. The van der Waals surface area contributed by atoms with Crippen molar-refractivity contribution in [2.24, 2.45) is 5.73 Å². The van der Waals surface area contributed by atoms with Crippen molar-refractivity contribution in [3.8, 4) is 0 Å². The number of nitrogens with zero attached hydrogens (tertiary/aromatic N) is 3. The molecule has 1 saturated carbocycles. The SMILES string of the molecule is NCCc1ccc2nnc(C3CC3)n2c1. The van der Waals surface area contributed by atoms with E-state index in [0.717, 1.165) is 17.9 Å². The highest BCUT2D eigenvalue weighted by Crippen LogP contribution is 2.38. The maximum absolute atomic E-state index is 5.55. The Kier molecular flexibility index (Phi) is 1.95. The predicted molar refractivity (Wildman–Crippen MR) is 57.7 cm³/mol. The normalized spacial score (nSPS) is 16.1. The second kappa shape index (κ2) is 3.31. The standard InChI is InChI=1S/C11H14N4/c12-6-5-8-1-4-10-13-14-11(9-2-3-9)15(10)7-8/h1,4,7,9H,2-3,5-6,12H2. The third-order valence-electron chi connectivity index (χ3n) is 2.87. The van der Waals surface area contributed by atoms with E-state index in [1.165, 1.54) is 18.4 Å². The van der Waals surface area contributed by atoms with Crippen molar-refractivity contribution in [2.45, 2.75) is 25.2 Å². The number of nitrogens with two attached hydrogens (primary N) is 1. The molecule has 4 nitrogen and oxygen atoms in total. The summed E-state index contributed by atoms with van der Waals surface area (Å²) < 4.78 is 2.11. The van der Waals surface area contributed by atoms with Crippen LogP contribution in [0.4, 0.5) is 0 Å². The van der Waals surface area contributed by atoms with Crippen molar-refractivity contribution < 1.29 is 0 Å². The highest BCUT2D eigenvalue weighted by atomic mass is 15.2. The maximum atomic E-state index is 5.55. The molecule has 0 atom stereocenters. The summed E-state index contributed by atoms with van der Waals surface area (Å²) in [7, 11) is 0. The van der Waals surface area contributed by atoms with Gasteiger partial charge < -0.3 is 5.73 Å². The van der Waals surface area contributed by atoms with E-state index >= 15 is 0 Å². The van der Waals surface area contributed by atoms with Gasteiger partial charge in [0.25, 0.3) is 0 Å². The summed E-state index contributed by atoms with van der Waals surface area (Å²) in [5, 5.41) is 8.40. The summed E-state index contributed by atoms with van der Waals surface area (Å²) in [6.45, 7) is 0.687. The molecule has 0 aliphatic heterocycles. The number of fused-ring (bicyclic) bond motifs is 1. The molecule has 0 aromatic carbocycles. The summed E-state index contributed by atoms with van der Waals surface area (Å²) in [6, 6.07) is 4.09. The average Bonchev–Trinajstić information content (AvgIpc) is 3.00. The van der Waals surface area contributed by atoms with Crippen molar-refractivity contribution in [2.75, 3.05) is 6.54 Å². The fourth-order valence-corrected chi connectivity index (χ4v) is 1.89. The summed E-state index contributed by atoms with van der Waals surface area (Å²) in [6.07, 6.45) is 5.54. The molecule has 4 heteroatoms. The Labute approximate surface area is 88.1 Å². The molecule has 1 aliphatic rings. The fraction of sp³-hybridized carbons (Fsp3) is 0.455. The van der Waals surface area contributed by atoms with Crippen LogP contribution in [0, 0.1) is 0 Å². The molecule has 0 saturated heterocycles. The topological polar surface area (TPSA) is 56.2 Å². The molecule has 0 radical (unpaired) electrons. The Hall–Kier alpha value is -1.42. The van der Waals surface area contributed by atoms with Crippen molar-refractivity contribution in [3.63, 3.8) is 0 Å².